The van der Waals surface area contributed by atoms with E-state index in [1.165, 1.54) is 0 Å². The number of halogens is 1. The molecule has 1 amide bonds. The summed E-state index contributed by atoms with van der Waals surface area (Å²) in [4.78, 5) is 16.6. The lowest BCUT2D eigenvalue weighted by molar-refractivity contribution is 0.0953. The van der Waals surface area contributed by atoms with Crippen LogP contribution in [0.4, 0.5) is 0 Å². The fourth-order valence-electron chi connectivity index (χ4n) is 2.28. The second-order valence-electron chi connectivity index (χ2n) is 5.98. The largest absolute Gasteiger partial charge is 0.382 e. The Morgan fingerprint density at radius 2 is 1.70 bits per heavy atom. The smallest absolute Gasteiger partial charge is 0.251 e. The van der Waals surface area contributed by atoms with E-state index in [1.54, 1.807) is 0 Å². The van der Waals surface area contributed by atoms with Crippen LogP contribution >= 0.6 is 24.0 Å². The predicted molar refractivity (Wildman–Crippen MR) is 123 cm³/mol. The normalized spacial score (nSPS) is 10.9. The second kappa shape index (κ2) is 16.8. The van der Waals surface area contributed by atoms with E-state index in [9.17, 15) is 4.79 Å². The molecule has 0 aliphatic rings. The predicted octanol–water partition coefficient (Wildman–Crippen LogP) is 3.32. The number of aliphatic imine (C=N–C) groups is 1. The first-order valence-corrected chi connectivity index (χ1v) is 9.68. The molecule has 1 aromatic carbocycles. The molecule has 0 spiro atoms. The van der Waals surface area contributed by atoms with Crippen LogP contribution in [0.1, 0.15) is 56.0 Å². The van der Waals surface area contributed by atoms with Gasteiger partial charge in [0.2, 0.25) is 0 Å². The van der Waals surface area contributed by atoms with Gasteiger partial charge in [-0.2, -0.15) is 0 Å². The maximum Gasteiger partial charge on any atom is 0.251 e. The Morgan fingerprint density at radius 1 is 1.00 bits per heavy atom. The van der Waals surface area contributed by atoms with Gasteiger partial charge in [-0.05, 0) is 44.4 Å². The number of nitrogens with one attached hydrogen (secondary N) is 3. The lowest BCUT2D eigenvalue weighted by atomic mass is 10.1. The van der Waals surface area contributed by atoms with Gasteiger partial charge >= 0.3 is 0 Å². The molecule has 0 aliphatic heterocycles. The number of guanidine groups is 1. The minimum Gasteiger partial charge on any atom is -0.382 e. The van der Waals surface area contributed by atoms with Crippen LogP contribution in [0.25, 0.3) is 0 Å². The van der Waals surface area contributed by atoms with Crippen LogP contribution in [0.15, 0.2) is 29.3 Å². The van der Waals surface area contributed by atoms with Crippen molar-refractivity contribution in [2.24, 2.45) is 4.99 Å². The van der Waals surface area contributed by atoms with Gasteiger partial charge in [0.25, 0.3) is 5.91 Å². The summed E-state index contributed by atoms with van der Waals surface area (Å²) in [6, 6.07) is 7.62. The first-order chi connectivity index (χ1) is 12.7. The number of hydrogen-bond acceptors (Lipinski definition) is 3. The summed E-state index contributed by atoms with van der Waals surface area (Å²) in [6.07, 6.45) is 3.02. The summed E-state index contributed by atoms with van der Waals surface area (Å²) < 4.78 is 5.33. The minimum atomic E-state index is -0.0159. The Labute approximate surface area is 181 Å². The average molecular weight is 490 g/mol. The standard InChI is InChI=1S/C20H34N4O2.HI/c1-4-7-13-22-19(25)18-11-9-17(10-12-18)16-24-20(21-5-2)23-14-8-15-26-6-3;/h9-12H,4-8,13-16H2,1-3H3,(H,22,25)(H2,21,23,24);1H. The molecule has 154 valence electrons. The van der Waals surface area contributed by atoms with Crippen molar-refractivity contribution in [2.75, 3.05) is 32.8 Å². The maximum atomic E-state index is 12.0. The minimum absolute atomic E-state index is 0. The highest BCUT2D eigenvalue weighted by Gasteiger charge is 2.04. The molecule has 0 aromatic heterocycles. The van der Waals surface area contributed by atoms with Crippen molar-refractivity contribution in [3.8, 4) is 0 Å². The highest BCUT2D eigenvalue weighted by Crippen LogP contribution is 2.06. The van der Waals surface area contributed by atoms with Gasteiger partial charge in [-0.1, -0.05) is 25.5 Å². The molecule has 0 saturated heterocycles. The van der Waals surface area contributed by atoms with Crippen LogP contribution in [0, 0.1) is 0 Å². The van der Waals surface area contributed by atoms with Gasteiger partial charge in [-0.3, -0.25) is 4.79 Å². The van der Waals surface area contributed by atoms with Crippen LogP contribution < -0.4 is 16.0 Å². The lowest BCUT2D eigenvalue weighted by Gasteiger charge is -2.11. The van der Waals surface area contributed by atoms with Gasteiger partial charge in [0.15, 0.2) is 5.96 Å². The van der Waals surface area contributed by atoms with Crippen molar-refractivity contribution < 1.29 is 9.53 Å². The molecular weight excluding hydrogens is 455 g/mol. The van der Waals surface area contributed by atoms with Crippen LogP contribution in [0.5, 0.6) is 0 Å². The molecule has 7 heteroatoms. The number of carbonyl (C=O) groups is 1. The molecule has 0 radical (unpaired) electrons. The Bertz CT molecular complexity index is 535. The summed E-state index contributed by atoms with van der Waals surface area (Å²) in [5.74, 6) is 0.781. The van der Waals surface area contributed by atoms with E-state index < -0.39 is 0 Å². The zero-order chi connectivity index (χ0) is 19.0. The third-order valence-corrected chi connectivity index (χ3v) is 3.76. The summed E-state index contributed by atoms with van der Waals surface area (Å²) in [6.45, 7) is 10.6. The molecule has 27 heavy (non-hydrogen) atoms. The molecule has 0 bridgehead atoms. The fourth-order valence-corrected chi connectivity index (χ4v) is 2.28. The van der Waals surface area contributed by atoms with Gasteiger partial charge in [0.1, 0.15) is 0 Å². The number of nitrogens with zero attached hydrogens (tertiary/aromatic N) is 1. The topological polar surface area (TPSA) is 74.8 Å². The van der Waals surface area contributed by atoms with Gasteiger partial charge in [-0.25, -0.2) is 4.99 Å². The van der Waals surface area contributed by atoms with E-state index in [2.05, 4.69) is 27.9 Å². The summed E-state index contributed by atoms with van der Waals surface area (Å²) >= 11 is 0. The Kier molecular flexibility index (Phi) is 16.0. The Morgan fingerprint density at radius 3 is 2.33 bits per heavy atom. The summed E-state index contributed by atoms with van der Waals surface area (Å²) in [5.41, 5.74) is 1.76. The summed E-state index contributed by atoms with van der Waals surface area (Å²) in [5, 5.41) is 9.47. The Balaban J connectivity index is 0.00000676. The number of carbonyl (C=O) groups excluding carboxylic acids is 1. The molecule has 0 saturated carbocycles. The van der Waals surface area contributed by atoms with E-state index in [0.29, 0.717) is 12.1 Å². The van der Waals surface area contributed by atoms with Crippen LogP contribution in [0.3, 0.4) is 0 Å². The molecule has 6 nitrogen and oxygen atoms in total. The highest BCUT2D eigenvalue weighted by atomic mass is 127. The number of benzene rings is 1. The maximum absolute atomic E-state index is 12.0. The van der Waals surface area contributed by atoms with Crippen LogP contribution in [0.2, 0.25) is 0 Å². The van der Waals surface area contributed by atoms with Crippen molar-refractivity contribution in [3.63, 3.8) is 0 Å². The fraction of sp³-hybridized carbons (Fsp3) is 0.600. The second-order valence-corrected chi connectivity index (χ2v) is 5.98. The average Bonchev–Trinajstić information content (AvgIpc) is 2.66. The van der Waals surface area contributed by atoms with Crippen molar-refractivity contribution in [1.29, 1.82) is 0 Å². The van der Waals surface area contributed by atoms with Crippen molar-refractivity contribution in [3.05, 3.63) is 35.4 Å². The van der Waals surface area contributed by atoms with Crippen molar-refractivity contribution >= 4 is 35.8 Å². The third-order valence-electron chi connectivity index (χ3n) is 3.76. The van der Waals surface area contributed by atoms with Crippen molar-refractivity contribution in [1.82, 2.24) is 16.0 Å². The van der Waals surface area contributed by atoms with Crippen LogP contribution in [-0.4, -0.2) is 44.7 Å². The SMILES string of the molecule is CCCCNC(=O)c1ccc(CN=C(NCC)NCCCOCC)cc1.I. The third kappa shape index (κ3) is 11.9. The van der Waals surface area contributed by atoms with Crippen LogP contribution in [-0.2, 0) is 11.3 Å². The molecule has 0 atom stereocenters. The summed E-state index contributed by atoms with van der Waals surface area (Å²) in [7, 11) is 0. The zero-order valence-corrected chi connectivity index (χ0v) is 19.2. The number of rotatable bonds is 12. The number of unbranched alkanes of at least 4 members (excludes halogenated alkanes) is 1. The molecule has 0 aliphatic carbocycles. The van der Waals surface area contributed by atoms with E-state index in [-0.39, 0.29) is 29.9 Å². The molecule has 0 heterocycles. The number of amides is 1. The Hall–Kier alpha value is -1.35. The molecule has 3 N–H and O–H groups in total. The number of hydrogen-bond donors (Lipinski definition) is 3. The number of ether oxygens (including phenoxy) is 1. The first-order valence-electron chi connectivity index (χ1n) is 9.68. The van der Waals surface area contributed by atoms with E-state index in [1.807, 2.05) is 38.1 Å². The molecular formula is C20H35IN4O2. The molecule has 0 fully saturated rings. The van der Waals surface area contributed by atoms with Gasteiger partial charge < -0.3 is 20.7 Å². The molecule has 0 unspecified atom stereocenters. The molecule has 1 rings (SSSR count). The van der Waals surface area contributed by atoms with Gasteiger partial charge in [0.05, 0.1) is 6.54 Å². The molecule has 1 aromatic rings. The van der Waals surface area contributed by atoms with E-state index in [0.717, 1.165) is 63.6 Å². The monoisotopic (exact) mass is 490 g/mol. The van der Waals surface area contributed by atoms with Crippen molar-refractivity contribution in [2.45, 2.75) is 46.6 Å². The van der Waals surface area contributed by atoms with E-state index in [4.69, 9.17) is 4.74 Å². The zero-order valence-electron chi connectivity index (χ0n) is 16.8. The quantitative estimate of drug-likeness (QED) is 0.182. The van der Waals surface area contributed by atoms with E-state index >= 15 is 0 Å². The first kappa shape index (κ1) is 25.6. The van der Waals surface area contributed by atoms with Gasteiger partial charge in [-0.15, -0.1) is 24.0 Å². The highest BCUT2D eigenvalue weighted by molar-refractivity contribution is 14.0. The lowest BCUT2D eigenvalue weighted by Crippen LogP contribution is -2.38. The van der Waals surface area contributed by atoms with Gasteiger partial charge in [0, 0.05) is 38.4 Å².